The van der Waals surface area contributed by atoms with Crippen molar-refractivity contribution in [1.82, 2.24) is 14.8 Å². The molecule has 1 N–H and O–H groups in total. The van der Waals surface area contributed by atoms with E-state index < -0.39 is 5.97 Å². The minimum atomic E-state index is -0.500. The molecule has 1 atom stereocenters. The van der Waals surface area contributed by atoms with Gasteiger partial charge < -0.3 is 19.4 Å². The molecule has 2 aromatic heterocycles. The number of aromatic nitrogens is 3. The molecular formula is C30H34N4O4S2. The zero-order chi connectivity index (χ0) is 28.9. The zero-order valence-electron chi connectivity index (χ0n) is 23.6. The lowest BCUT2D eigenvalue weighted by Crippen LogP contribution is -2.17. The first-order chi connectivity index (χ1) is 19.1. The summed E-state index contributed by atoms with van der Waals surface area (Å²) in [6.07, 6.45) is -0.332. The van der Waals surface area contributed by atoms with Crippen LogP contribution in [0.25, 0.3) is 11.1 Å². The summed E-state index contributed by atoms with van der Waals surface area (Å²) in [4.78, 5) is 25.5. The summed E-state index contributed by atoms with van der Waals surface area (Å²) in [5, 5.41) is 14.5. The summed E-state index contributed by atoms with van der Waals surface area (Å²) in [5.74, 6) is 0.782. The number of esters is 1. The highest BCUT2D eigenvalue weighted by Crippen LogP contribution is 2.36. The van der Waals surface area contributed by atoms with Gasteiger partial charge in [0.05, 0.1) is 12.9 Å². The number of benzene rings is 2. The van der Waals surface area contributed by atoms with E-state index in [1.54, 1.807) is 0 Å². The van der Waals surface area contributed by atoms with Crippen LogP contribution in [-0.4, -0.2) is 39.5 Å². The zero-order valence-corrected chi connectivity index (χ0v) is 25.2. The van der Waals surface area contributed by atoms with E-state index in [9.17, 15) is 9.59 Å². The normalized spacial score (nSPS) is 12.2. The first kappa shape index (κ1) is 29.4. The van der Waals surface area contributed by atoms with Gasteiger partial charge in [0.1, 0.15) is 16.3 Å². The van der Waals surface area contributed by atoms with Crippen molar-refractivity contribution in [2.45, 2.75) is 57.8 Å². The number of hydrogen-bond donors (Lipinski definition) is 1. The van der Waals surface area contributed by atoms with Crippen LogP contribution in [0.4, 0.5) is 5.00 Å². The van der Waals surface area contributed by atoms with Crippen LogP contribution < -0.4 is 10.1 Å². The molecule has 40 heavy (non-hydrogen) atoms. The van der Waals surface area contributed by atoms with Gasteiger partial charge in [0.25, 0.3) is 0 Å². The fraction of sp³-hybridized carbons (Fsp3) is 0.333. The molecule has 0 saturated carbocycles. The van der Waals surface area contributed by atoms with Crippen molar-refractivity contribution < 1.29 is 19.1 Å². The van der Waals surface area contributed by atoms with Gasteiger partial charge in [-0.05, 0) is 42.5 Å². The second kappa shape index (κ2) is 12.7. The van der Waals surface area contributed by atoms with Gasteiger partial charge in [0.15, 0.2) is 17.1 Å². The maximum Gasteiger partial charge on any atom is 0.341 e. The number of methoxy groups -OCH3 is 1. The lowest BCUT2D eigenvalue weighted by atomic mass is 9.87. The summed E-state index contributed by atoms with van der Waals surface area (Å²) in [6.45, 7) is 11.1. The third-order valence-electron chi connectivity index (χ3n) is 6.31. The van der Waals surface area contributed by atoms with Gasteiger partial charge in [0, 0.05) is 17.5 Å². The van der Waals surface area contributed by atoms with Gasteiger partial charge in [-0.3, -0.25) is 4.79 Å². The van der Waals surface area contributed by atoms with Crippen LogP contribution in [-0.2, 0) is 21.5 Å². The molecule has 0 spiro atoms. The van der Waals surface area contributed by atoms with Gasteiger partial charge in [-0.1, -0.05) is 75.0 Å². The molecule has 1 unspecified atom stereocenters. The number of carbonyl (C=O) groups is 2. The number of nitrogens with zero attached hydrogens (tertiary/aromatic N) is 3. The maximum atomic E-state index is 12.9. The largest absolute Gasteiger partial charge is 0.483 e. The summed E-state index contributed by atoms with van der Waals surface area (Å²) in [5.41, 5.74) is 3.24. The summed E-state index contributed by atoms with van der Waals surface area (Å²) in [6, 6.07) is 17.6. The summed E-state index contributed by atoms with van der Waals surface area (Å²) >= 11 is 2.57. The number of rotatable bonds is 10. The highest BCUT2D eigenvalue weighted by Gasteiger charge is 2.24. The van der Waals surface area contributed by atoms with Crippen LogP contribution in [0.1, 0.15) is 62.5 Å². The Hall–Kier alpha value is -3.63. The number of thiophene rings is 1. The average molecular weight is 579 g/mol. The van der Waals surface area contributed by atoms with Gasteiger partial charge in [0.2, 0.25) is 5.91 Å². The van der Waals surface area contributed by atoms with Crippen molar-refractivity contribution in [1.29, 1.82) is 0 Å². The molecule has 0 saturated heterocycles. The second-order valence-corrected chi connectivity index (χ2v) is 12.0. The highest BCUT2D eigenvalue weighted by atomic mass is 32.2. The molecule has 4 aromatic rings. The third-order valence-corrected chi connectivity index (χ3v) is 8.17. The smallest absolute Gasteiger partial charge is 0.341 e. The Morgan fingerprint density at radius 1 is 1.07 bits per heavy atom. The van der Waals surface area contributed by atoms with Crippen LogP contribution in [0.5, 0.6) is 5.75 Å². The Morgan fingerprint density at radius 2 is 1.77 bits per heavy atom. The Balaban J connectivity index is 1.43. The number of nitrogens with one attached hydrogen (secondary N) is 1. The van der Waals surface area contributed by atoms with Crippen LogP contribution in [0.3, 0.4) is 0 Å². The number of ether oxygens (including phenoxy) is 2. The van der Waals surface area contributed by atoms with E-state index in [0.29, 0.717) is 28.1 Å². The van der Waals surface area contributed by atoms with E-state index in [0.717, 1.165) is 16.9 Å². The molecule has 0 fully saturated rings. The van der Waals surface area contributed by atoms with E-state index in [1.165, 1.54) is 35.8 Å². The van der Waals surface area contributed by atoms with Crippen molar-refractivity contribution in [2.75, 3.05) is 18.2 Å². The molecular weight excluding hydrogens is 544 g/mol. The summed E-state index contributed by atoms with van der Waals surface area (Å²) in [7, 11) is 1.33. The van der Waals surface area contributed by atoms with E-state index in [4.69, 9.17) is 9.47 Å². The number of thioether (sulfide) groups is 1. The van der Waals surface area contributed by atoms with Gasteiger partial charge in [-0.2, -0.15) is 0 Å². The number of amides is 1. The molecule has 10 heteroatoms. The lowest BCUT2D eigenvalue weighted by molar-refractivity contribution is -0.113. The van der Waals surface area contributed by atoms with Crippen LogP contribution in [0.2, 0.25) is 0 Å². The molecule has 0 aliphatic heterocycles. The van der Waals surface area contributed by atoms with Crippen molar-refractivity contribution in [3.8, 4) is 16.9 Å². The second-order valence-electron chi connectivity index (χ2n) is 10.2. The molecule has 0 aliphatic rings. The standard InChI is InChI=1S/C30H34N4O4S2/c1-7-34-26(19(2)38-22-15-13-21(14-16-22)30(3,4)5)32-33-29(34)40-18-24(35)31-27-25(28(36)37-6)23(17-39-27)20-11-9-8-10-12-20/h8-17,19H,7,18H2,1-6H3,(H,31,35). The molecule has 0 radical (unpaired) electrons. The van der Waals surface area contributed by atoms with Gasteiger partial charge in [-0.15, -0.1) is 21.5 Å². The number of carbonyl (C=O) groups excluding carboxylic acids is 2. The Bertz CT molecular complexity index is 1460. The summed E-state index contributed by atoms with van der Waals surface area (Å²) < 4.78 is 13.1. The molecule has 2 aromatic carbocycles. The molecule has 0 bridgehead atoms. The van der Waals surface area contributed by atoms with E-state index in [2.05, 4.69) is 48.4 Å². The van der Waals surface area contributed by atoms with Gasteiger partial charge in [-0.25, -0.2) is 4.79 Å². The quantitative estimate of drug-likeness (QED) is 0.160. The molecule has 210 valence electrons. The minimum Gasteiger partial charge on any atom is -0.483 e. The van der Waals surface area contributed by atoms with Crippen LogP contribution in [0.15, 0.2) is 65.1 Å². The fourth-order valence-corrected chi connectivity index (χ4v) is 5.96. The van der Waals surface area contributed by atoms with Crippen LogP contribution >= 0.6 is 23.1 Å². The fourth-order valence-electron chi connectivity index (χ4n) is 4.17. The minimum absolute atomic E-state index is 0.0690. The Kier molecular flexibility index (Phi) is 9.32. The number of hydrogen-bond acceptors (Lipinski definition) is 8. The van der Waals surface area contributed by atoms with Gasteiger partial charge >= 0.3 is 5.97 Å². The van der Waals surface area contributed by atoms with Crippen molar-refractivity contribution >= 4 is 40.0 Å². The van der Waals surface area contributed by atoms with E-state index in [-0.39, 0.29) is 23.2 Å². The van der Waals surface area contributed by atoms with E-state index in [1.807, 2.05) is 66.3 Å². The van der Waals surface area contributed by atoms with Crippen LogP contribution in [0, 0.1) is 0 Å². The molecule has 8 nitrogen and oxygen atoms in total. The molecule has 0 aliphatic carbocycles. The Morgan fingerprint density at radius 3 is 2.40 bits per heavy atom. The van der Waals surface area contributed by atoms with Crippen molar-refractivity contribution in [3.05, 3.63) is 76.9 Å². The third kappa shape index (κ3) is 6.74. The van der Waals surface area contributed by atoms with E-state index >= 15 is 0 Å². The first-order valence-corrected chi connectivity index (χ1v) is 14.9. The SMILES string of the molecule is CCn1c(SCC(=O)Nc2scc(-c3ccccc3)c2C(=O)OC)nnc1C(C)Oc1ccc(C(C)(C)C)cc1. The van der Waals surface area contributed by atoms with Crippen molar-refractivity contribution in [3.63, 3.8) is 0 Å². The molecule has 2 heterocycles. The lowest BCUT2D eigenvalue weighted by Gasteiger charge is -2.20. The number of anilines is 1. The maximum absolute atomic E-state index is 12.9. The van der Waals surface area contributed by atoms with Crippen molar-refractivity contribution in [2.24, 2.45) is 0 Å². The predicted molar refractivity (Wildman–Crippen MR) is 160 cm³/mol. The highest BCUT2D eigenvalue weighted by molar-refractivity contribution is 7.99. The Labute approximate surface area is 243 Å². The molecule has 1 amide bonds. The monoisotopic (exact) mass is 578 g/mol. The first-order valence-electron chi connectivity index (χ1n) is 13.0. The average Bonchev–Trinajstić information content (AvgIpc) is 3.55. The topological polar surface area (TPSA) is 95.3 Å². The predicted octanol–water partition coefficient (Wildman–Crippen LogP) is 6.98. The molecule has 4 rings (SSSR count).